The minimum Gasteiger partial charge on any atom is -0.377 e. The maximum absolute atomic E-state index is 11.2. The molecule has 0 aliphatic rings. The Kier molecular flexibility index (Phi) is 4.09. The van der Waals surface area contributed by atoms with Crippen LogP contribution in [0.2, 0.25) is 0 Å². The summed E-state index contributed by atoms with van der Waals surface area (Å²) in [5, 5.41) is 15.2. The van der Waals surface area contributed by atoms with Crippen LogP contribution in [0.1, 0.15) is 13.8 Å². The van der Waals surface area contributed by atoms with Crippen molar-refractivity contribution >= 4 is 22.3 Å². The Morgan fingerprint density at radius 2 is 2.00 bits per heavy atom. The van der Waals surface area contributed by atoms with Crippen molar-refractivity contribution in [2.45, 2.75) is 19.4 Å². The molecular formula is C15H20N4O2. The zero-order chi connectivity index (χ0) is 15.6. The number of hydrogen-bond acceptors (Lipinski definition) is 5. The second-order valence-electron chi connectivity index (χ2n) is 5.85. The van der Waals surface area contributed by atoms with Gasteiger partial charge in [0, 0.05) is 17.5 Å². The fourth-order valence-electron chi connectivity index (χ4n) is 1.92. The van der Waals surface area contributed by atoms with Crippen molar-refractivity contribution < 1.29 is 4.92 Å². The number of pyridine rings is 1. The largest absolute Gasteiger partial charge is 0.377 e. The SMILES string of the molecule is CN(C)C(C)(C)CNc1c([N+](=O)[O-])cnc2ccccc12. The van der Waals surface area contributed by atoms with E-state index in [1.807, 2.05) is 38.4 Å². The van der Waals surface area contributed by atoms with Crippen molar-refractivity contribution in [2.24, 2.45) is 0 Å². The quantitative estimate of drug-likeness (QED) is 0.676. The first-order valence-corrected chi connectivity index (χ1v) is 6.76. The van der Waals surface area contributed by atoms with E-state index in [9.17, 15) is 10.1 Å². The van der Waals surface area contributed by atoms with E-state index in [2.05, 4.69) is 29.0 Å². The van der Waals surface area contributed by atoms with Crippen LogP contribution >= 0.6 is 0 Å². The highest BCUT2D eigenvalue weighted by atomic mass is 16.6. The third-order valence-corrected chi connectivity index (χ3v) is 3.86. The van der Waals surface area contributed by atoms with Crippen LogP contribution in [-0.2, 0) is 0 Å². The molecular weight excluding hydrogens is 268 g/mol. The Balaban J connectivity index is 2.45. The Labute approximate surface area is 123 Å². The number of benzene rings is 1. The molecule has 0 atom stereocenters. The lowest BCUT2D eigenvalue weighted by Crippen LogP contribution is -2.44. The van der Waals surface area contributed by atoms with Crippen LogP contribution in [0.25, 0.3) is 10.9 Å². The molecule has 1 heterocycles. The average molecular weight is 288 g/mol. The van der Waals surface area contributed by atoms with Crippen LogP contribution in [0.15, 0.2) is 30.5 Å². The summed E-state index contributed by atoms with van der Waals surface area (Å²) < 4.78 is 0. The highest BCUT2D eigenvalue weighted by molar-refractivity contribution is 5.95. The van der Waals surface area contributed by atoms with Crippen LogP contribution in [0.4, 0.5) is 11.4 Å². The summed E-state index contributed by atoms with van der Waals surface area (Å²) in [4.78, 5) is 17.1. The molecule has 112 valence electrons. The lowest BCUT2D eigenvalue weighted by Gasteiger charge is -2.33. The molecule has 21 heavy (non-hydrogen) atoms. The van der Waals surface area contributed by atoms with E-state index in [0.29, 0.717) is 12.2 Å². The molecule has 0 saturated heterocycles. The van der Waals surface area contributed by atoms with E-state index in [4.69, 9.17) is 0 Å². The van der Waals surface area contributed by atoms with E-state index in [1.165, 1.54) is 6.20 Å². The van der Waals surface area contributed by atoms with Gasteiger partial charge in [-0.2, -0.15) is 0 Å². The van der Waals surface area contributed by atoms with Gasteiger partial charge in [0.2, 0.25) is 0 Å². The number of nitrogens with zero attached hydrogens (tertiary/aromatic N) is 3. The first-order valence-electron chi connectivity index (χ1n) is 6.76. The molecule has 2 rings (SSSR count). The summed E-state index contributed by atoms with van der Waals surface area (Å²) in [6.45, 7) is 4.75. The van der Waals surface area contributed by atoms with E-state index >= 15 is 0 Å². The lowest BCUT2D eigenvalue weighted by molar-refractivity contribution is -0.384. The van der Waals surface area contributed by atoms with Crippen LogP contribution in [0.5, 0.6) is 0 Å². The van der Waals surface area contributed by atoms with Gasteiger partial charge in [0.15, 0.2) is 0 Å². The van der Waals surface area contributed by atoms with Crippen molar-refractivity contribution in [1.29, 1.82) is 0 Å². The number of hydrogen-bond donors (Lipinski definition) is 1. The van der Waals surface area contributed by atoms with Gasteiger partial charge >= 0.3 is 5.69 Å². The van der Waals surface area contributed by atoms with Gasteiger partial charge in [0.1, 0.15) is 11.9 Å². The standard InChI is InChI=1S/C15H20N4O2/c1-15(2,18(3)4)10-17-14-11-7-5-6-8-12(11)16-9-13(14)19(20)21/h5-9H,10H2,1-4H3,(H,16,17). The number of para-hydroxylation sites is 1. The third-order valence-electron chi connectivity index (χ3n) is 3.86. The maximum atomic E-state index is 11.2. The van der Waals surface area contributed by atoms with Gasteiger partial charge in [-0.15, -0.1) is 0 Å². The molecule has 0 radical (unpaired) electrons. The van der Waals surface area contributed by atoms with Gasteiger partial charge < -0.3 is 10.2 Å². The summed E-state index contributed by atoms with van der Waals surface area (Å²) in [7, 11) is 3.97. The Morgan fingerprint density at radius 1 is 1.33 bits per heavy atom. The summed E-state index contributed by atoms with van der Waals surface area (Å²) in [6, 6.07) is 7.42. The molecule has 0 bridgehead atoms. The van der Waals surface area contributed by atoms with Gasteiger partial charge in [-0.05, 0) is 34.0 Å². The van der Waals surface area contributed by atoms with Crippen LogP contribution in [0, 0.1) is 10.1 Å². The Morgan fingerprint density at radius 3 is 2.62 bits per heavy atom. The number of nitrogens with one attached hydrogen (secondary N) is 1. The molecule has 0 aliphatic carbocycles. The van der Waals surface area contributed by atoms with Crippen molar-refractivity contribution in [3.8, 4) is 0 Å². The van der Waals surface area contributed by atoms with Gasteiger partial charge in [-0.1, -0.05) is 18.2 Å². The van der Waals surface area contributed by atoms with E-state index in [1.54, 1.807) is 0 Å². The number of likely N-dealkylation sites (N-methyl/N-ethyl adjacent to an activating group) is 1. The third kappa shape index (κ3) is 3.11. The minimum absolute atomic E-state index is 0.00301. The number of nitro groups is 1. The fourth-order valence-corrected chi connectivity index (χ4v) is 1.92. The molecule has 0 amide bonds. The molecule has 0 unspecified atom stereocenters. The number of anilines is 1. The number of fused-ring (bicyclic) bond motifs is 1. The molecule has 6 heteroatoms. The molecule has 0 fully saturated rings. The topological polar surface area (TPSA) is 71.3 Å². The molecule has 1 aromatic carbocycles. The lowest BCUT2D eigenvalue weighted by atomic mass is 10.0. The summed E-state index contributed by atoms with van der Waals surface area (Å²) in [5.74, 6) is 0. The van der Waals surface area contributed by atoms with E-state index < -0.39 is 4.92 Å². The maximum Gasteiger partial charge on any atom is 0.311 e. The first kappa shape index (κ1) is 15.2. The van der Waals surface area contributed by atoms with Crippen molar-refractivity contribution in [3.05, 3.63) is 40.6 Å². The molecule has 6 nitrogen and oxygen atoms in total. The molecule has 0 saturated carbocycles. The second kappa shape index (κ2) is 5.65. The Bertz CT molecular complexity index is 668. The predicted molar refractivity (Wildman–Crippen MR) is 84.7 cm³/mol. The summed E-state index contributed by atoms with van der Waals surface area (Å²) in [5.41, 5.74) is 1.15. The molecule has 0 aliphatic heterocycles. The van der Waals surface area contributed by atoms with Gasteiger partial charge in [0.25, 0.3) is 0 Å². The summed E-state index contributed by atoms with van der Waals surface area (Å²) in [6.07, 6.45) is 1.31. The normalized spacial score (nSPS) is 11.9. The average Bonchev–Trinajstić information content (AvgIpc) is 2.44. The van der Waals surface area contributed by atoms with Crippen LogP contribution < -0.4 is 5.32 Å². The number of rotatable bonds is 5. The highest BCUT2D eigenvalue weighted by Gasteiger charge is 2.23. The predicted octanol–water partition coefficient (Wildman–Crippen LogP) is 2.90. The first-order chi connectivity index (χ1) is 9.83. The van der Waals surface area contributed by atoms with Crippen LogP contribution in [-0.4, -0.2) is 41.0 Å². The molecule has 0 spiro atoms. The second-order valence-corrected chi connectivity index (χ2v) is 5.85. The van der Waals surface area contributed by atoms with Crippen molar-refractivity contribution in [2.75, 3.05) is 26.0 Å². The fraction of sp³-hybridized carbons (Fsp3) is 0.400. The monoisotopic (exact) mass is 288 g/mol. The zero-order valence-electron chi connectivity index (χ0n) is 12.8. The Hall–Kier alpha value is -2.21. The molecule has 2 aromatic rings. The van der Waals surface area contributed by atoms with Crippen molar-refractivity contribution in [3.63, 3.8) is 0 Å². The van der Waals surface area contributed by atoms with Gasteiger partial charge in [-0.25, -0.2) is 4.98 Å². The van der Waals surface area contributed by atoms with Crippen molar-refractivity contribution in [1.82, 2.24) is 9.88 Å². The highest BCUT2D eigenvalue weighted by Crippen LogP contribution is 2.31. The van der Waals surface area contributed by atoms with Gasteiger partial charge in [-0.3, -0.25) is 10.1 Å². The number of aromatic nitrogens is 1. The van der Waals surface area contributed by atoms with Gasteiger partial charge in [0.05, 0.1) is 10.4 Å². The smallest absolute Gasteiger partial charge is 0.311 e. The van der Waals surface area contributed by atoms with E-state index in [0.717, 1.165) is 10.9 Å². The van der Waals surface area contributed by atoms with E-state index in [-0.39, 0.29) is 11.2 Å². The summed E-state index contributed by atoms with van der Waals surface area (Å²) >= 11 is 0. The zero-order valence-corrected chi connectivity index (χ0v) is 12.8. The molecule has 1 aromatic heterocycles. The minimum atomic E-state index is -0.398. The van der Waals surface area contributed by atoms with Crippen LogP contribution in [0.3, 0.4) is 0 Å². The molecule has 1 N–H and O–H groups in total.